The Bertz CT molecular complexity index is 1070. The SMILES string of the molecule is CCOc1cccc(C(O)=C2C(=O)C(=O)N(CCOC)C2c2cc(Br)c(O)c(OC)c2)c1. The van der Waals surface area contributed by atoms with Crippen LogP contribution in [0.4, 0.5) is 0 Å². The van der Waals surface area contributed by atoms with Crippen molar-refractivity contribution in [2.24, 2.45) is 0 Å². The lowest BCUT2D eigenvalue weighted by Crippen LogP contribution is -2.32. The van der Waals surface area contributed by atoms with E-state index in [2.05, 4.69) is 15.9 Å². The average molecular weight is 506 g/mol. The molecule has 1 aliphatic rings. The highest BCUT2D eigenvalue weighted by Gasteiger charge is 2.46. The summed E-state index contributed by atoms with van der Waals surface area (Å²) in [6.07, 6.45) is 0. The van der Waals surface area contributed by atoms with Crippen LogP contribution in [0, 0.1) is 0 Å². The van der Waals surface area contributed by atoms with E-state index >= 15 is 0 Å². The number of nitrogens with zero attached hydrogens (tertiary/aromatic N) is 1. The number of ketones is 1. The molecule has 32 heavy (non-hydrogen) atoms. The van der Waals surface area contributed by atoms with Crippen LogP contribution >= 0.6 is 15.9 Å². The highest BCUT2D eigenvalue weighted by atomic mass is 79.9. The zero-order chi connectivity index (χ0) is 23.4. The number of carbonyl (C=O) groups is 2. The number of hydrogen-bond donors (Lipinski definition) is 2. The number of methoxy groups -OCH3 is 2. The molecular weight excluding hydrogens is 482 g/mol. The van der Waals surface area contributed by atoms with Crippen molar-refractivity contribution in [1.82, 2.24) is 4.90 Å². The van der Waals surface area contributed by atoms with E-state index in [1.165, 1.54) is 25.2 Å². The van der Waals surface area contributed by atoms with E-state index in [4.69, 9.17) is 14.2 Å². The summed E-state index contributed by atoms with van der Waals surface area (Å²) >= 11 is 3.28. The molecule has 2 aromatic carbocycles. The molecule has 170 valence electrons. The van der Waals surface area contributed by atoms with Crippen molar-refractivity contribution in [3.05, 3.63) is 57.6 Å². The summed E-state index contributed by atoms with van der Waals surface area (Å²) in [5, 5.41) is 21.3. The number of hydrogen-bond acceptors (Lipinski definition) is 7. The van der Waals surface area contributed by atoms with Gasteiger partial charge in [-0.3, -0.25) is 9.59 Å². The highest BCUT2D eigenvalue weighted by Crippen LogP contribution is 2.44. The van der Waals surface area contributed by atoms with Crippen LogP contribution in [-0.2, 0) is 14.3 Å². The number of aliphatic hydroxyl groups excluding tert-OH is 1. The number of phenols is 1. The monoisotopic (exact) mass is 505 g/mol. The van der Waals surface area contributed by atoms with Crippen LogP contribution in [0.5, 0.6) is 17.2 Å². The lowest BCUT2D eigenvalue weighted by Gasteiger charge is -2.25. The Hall–Kier alpha value is -3.04. The van der Waals surface area contributed by atoms with Gasteiger partial charge in [-0.05, 0) is 52.7 Å². The summed E-state index contributed by atoms with van der Waals surface area (Å²) < 4.78 is 16.1. The van der Waals surface area contributed by atoms with Gasteiger partial charge in [0, 0.05) is 19.2 Å². The topological polar surface area (TPSA) is 106 Å². The first-order valence-electron chi connectivity index (χ1n) is 9.91. The average Bonchev–Trinajstić information content (AvgIpc) is 3.04. The first-order valence-corrected chi connectivity index (χ1v) is 10.7. The summed E-state index contributed by atoms with van der Waals surface area (Å²) in [5.41, 5.74) is 0.749. The number of amides is 1. The molecule has 8 nitrogen and oxygen atoms in total. The molecule has 2 N–H and O–H groups in total. The van der Waals surface area contributed by atoms with Gasteiger partial charge >= 0.3 is 0 Å². The van der Waals surface area contributed by atoms with Crippen molar-refractivity contribution in [1.29, 1.82) is 0 Å². The number of Topliss-reactive ketones (excluding diaryl/α,β-unsaturated/α-hetero) is 1. The van der Waals surface area contributed by atoms with Crippen LogP contribution in [0.15, 0.2) is 46.4 Å². The van der Waals surface area contributed by atoms with Crippen LogP contribution in [0.1, 0.15) is 24.1 Å². The zero-order valence-electron chi connectivity index (χ0n) is 17.9. The first-order chi connectivity index (χ1) is 15.3. The molecule has 0 aromatic heterocycles. The van der Waals surface area contributed by atoms with Crippen LogP contribution in [0.25, 0.3) is 5.76 Å². The minimum Gasteiger partial charge on any atom is -0.507 e. The van der Waals surface area contributed by atoms with Crippen molar-refractivity contribution < 1.29 is 34.0 Å². The number of aliphatic hydroxyl groups is 1. The Morgan fingerprint density at radius 1 is 1.19 bits per heavy atom. The molecule has 1 saturated heterocycles. The fraction of sp³-hybridized carbons (Fsp3) is 0.304. The van der Waals surface area contributed by atoms with E-state index < -0.39 is 17.7 Å². The van der Waals surface area contributed by atoms with Crippen LogP contribution in [-0.4, -0.2) is 60.8 Å². The quantitative estimate of drug-likeness (QED) is 0.320. The number of halogens is 1. The maximum Gasteiger partial charge on any atom is 0.295 e. The number of aromatic hydroxyl groups is 1. The minimum atomic E-state index is -0.910. The third-order valence-corrected chi connectivity index (χ3v) is 5.69. The van der Waals surface area contributed by atoms with E-state index in [9.17, 15) is 19.8 Å². The number of ether oxygens (including phenoxy) is 3. The molecule has 2 aromatic rings. The number of carbonyl (C=O) groups excluding carboxylic acids is 2. The molecule has 1 atom stereocenters. The largest absolute Gasteiger partial charge is 0.507 e. The number of phenolic OH excluding ortho intramolecular Hbond substituents is 1. The normalized spacial score (nSPS) is 17.6. The van der Waals surface area contributed by atoms with Gasteiger partial charge in [0.15, 0.2) is 11.5 Å². The summed E-state index contributed by atoms with van der Waals surface area (Å²) in [5.74, 6) is -1.32. The molecule has 1 heterocycles. The molecule has 1 amide bonds. The predicted molar refractivity (Wildman–Crippen MR) is 121 cm³/mol. The van der Waals surface area contributed by atoms with Crippen molar-refractivity contribution in [3.63, 3.8) is 0 Å². The van der Waals surface area contributed by atoms with Crippen molar-refractivity contribution >= 4 is 33.4 Å². The lowest BCUT2D eigenvalue weighted by molar-refractivity contribution is -0.140. The van der Waals surface area contributed by atoms with E-state index in [1.54, 1.807) is 30.3 Å². The third-order valence-electron chi connectivity index (χ3n) is 5.08. The van der Waals surface area contributed by atoms with Gasteiger partial charge in [0.2, 0.25) is 0 Å². The van der Waals surface area contributed by atoms with E-state index in [1.807, 2.05) is 6.92 Å². The van der Waals surface area contributed by atoms with Crippen molar-refractivity contribution in [2.45, 2.75) is 13.0 Å². The van der Waals surface area contributed by atoms with Crippen molar-refractivity contribution in [3.8, 4) is 17.2 Å². The summed E-state index contributed by atoms with van der Waals surface area (Å²) in [4.78, 5) is 27.2. The maximum atomic E-state index is 13.0. The smallest absolute Gasteiger partial charge is 0.295 e. The molecule has 1 aliphatic heterocycles. The molecule has 0 bridgehead atoms. The molecule has 0 aliphatic carbocycles. The zero-order valence-corrected chi connectivity index (χ0v) is 19.5. The fourth-order valence-corrected chi connectivity index (χ4v) is 4.07. The highest BCUT2D eigenvalue weighted by molar-refractivity contribution is 9.10. The standard InChI is InChI=1S/C23H24BrNO7/c1-4-32-15-7-5-6-13(10-15)20(26)18-19(25(8-9-30-2)23(29)22(18)28)14-11-16(24)21(27)17(12-14)31-3/h5-7,10-12,19,26-27H,4,8-9H2,1-3H3. The second-order valence-corrected chi connectivity index (χ2v) is 7.85. The van der Waals surface area contributed by atoms with E-state index in [-0.39, 0.29) is 36.0 Å². The predicted octanol–water partition coefficient (Wildman–Crippen LogP) is 3.63. The van der Waals surface area contributed by atoms with Crippen LogP contribution in [0.2, 0.25) is 0 Å². The Balaban J connectivity index is 2.21. The molecule has 1 fully saturated rings. The molecule has 3 rings (SSSR count). The van der Waals surface area contributed by atoms with E-state index in [0.717, 1.165) is 0 Å². The van der Waals surface area contributed by atoms with Crippen LogP contribution in [0.3, 0.4) is 0 Å². The fourth-order valence-electron chi connectivity index (χ4n) is 3.61. The Morgan fingerprint density at radius 3 is 2.59 bits per heavy atom. The first kappa shape index (κ1) is 23.6. The summed E-state index contributed by atoms with van der Waals surface area (Å²) in [7, 11) is 2.89. The van der Waals surface area contributed by atoms with Gasteiger partial charge in [0.1, 0.15) is 11.5 Å². The van der Waals surface area contributed by atoms with Gasteiger partial charge in [-0.1, -0.05) is 12.1 Å². The maximum absolute atomic E-state index is 13.0. The van der Waals surface area contributed by atoms with E-state index in [0.29, 0.717) is 28.0 Å². The molecular formula is C23H24BrNO7. The van der Waals surface area contributed by atoms with Gasteiger partial charge in [-0.2, -0.15) is 0 Å². The van der Waals surface area contributed by atoms with Gasteiger partial charge in [-0.25, -0.2) is 0 Å². The molecule has 1 unspecified atom stereocenters. The van der Waals surface area contributed by atoms with Gasteiger partial charge in [-0.15, -0.1) is 0 Å². The number of likely N-dealkylation sites (tertiary alicyclic amines) is 1. The summed E-state index contributed by atoms with van der Waals surface area (Å²) in [6.45, 7) is 2.60. The Morgan fingerprint density at radius 2 is 1.94 bits per heavy atom. The summed E-state index contributed by atoms with van der Waals surface area (Å²) in [6, 6.07) is 8.86. The number of benzene rings is 2. The lowest BCUT2D eigenvalue weighted by atomic mass is 9.95. The van der Waals surface area contributed by atoms with Gasteiger partial charge in [0.05, 0.1) is 36.4 Å². The van der Waals surface area contributed by atoms with Crippen molar-refractivity contribution in [2.75, 3.05) is 34.0 Å². The number of rotatable bonds is 8. The second-order valence-electron chi connectivity index (χ2n) is 7.00. The minimum absolute atomic E-state index is 0.0700. The third kappa shape index (κ3) is 4.44. The Kier molecular flexibility index (Phi) is 7.42. The molecule has 9 heteroatoms. The molecule has 0 saturated carbocycles. The molecule has 0 spiro atoms. The second kappa shape index (κ2) is 10.1. The van der Waals surface area contributed by atoms with Gasteiger partial charge in [0.25, 0.3) is 11.7 Å². The Labute approximate surface area is 194 Å². The van der Waals surface area contributed by atoms with Crippen LogP contribution < -0.4 is 9.47 Å². The van der Waals surface area contributed by atoms with Gasteiger partial charge < -0.3 is 29.3 Å². The molecule has 0 radical (unpaired) electrons.